The van der Waals surface area contributed by atoms with E-state index in [1.54, 1.807) is 46.6 Å². The van der Waals surface area contributed by atoms with Gasteiger partial charge in [-0.2, -0.15) is 0 Å². The molecule has 3 aromatic rings. The van der Waals surface area contributed by atoms with Gasteiger partial charge in [0.1, 0.15) is 28.8 Å². The van der Waals surface area contributed by atoms with Gasteiger partial charge in [-0.25, -0.2) is 9.97 Å². The molecule has 0 unspecified atom stereocenters. The highest BCUT2D eigenvalue weighted by Crippen LogP contribution is 2.36. The van der Waals surface area contributed by atoms with Gasteiger partial charge in [-0.05, 0) is 24.3 Å². The largest absolute Gasteiger partial charge is 0.497 e. The summed E-state index contributed by atoms with van der Waals surface area (Å²) in [6, 6.07) is 12.6. The van der Waals surface area contributed by atoms with Gasteiger partial charge >= 0.3 is 0 Å². The smallest absolute Gasteiger partial charge is 0.165 e. The highest BCUT2D eigenvalue weighted by atomic mass is 16.5. The molecule has 0 fully saturated rings. The molecule has 0 amide bonds. The lowest BCUT2D eigenvalue weighted by Gasteiger charge is -2.13. The van der Waals surface area contributed by atoms with Crippen molar-refractivity contribution in [1.29, 1.82) is 0 Å². The molecule has 0 atom stereocenters. The molecule has 0 aliphatic carbocycles. The first-order chi connectivity index (χ1) is 13.1. The van der Waals surface area contributed by atoms with Crippen LogP contribution in [0.4, 0.5) is 5.82 Å². The van der Waals surface area contributed by atoms with E-state index in [0.29, 0.717) is 45.9 Å². The molecule has 0 aliphatic rings. The average Bonchev–Trinajstić information content (AvgIpc) is 2.72. The summed E-state index contributed by atoms with van der Waals surface area (Å²) in [6.45, 7) is 0. The Labute approximate surface area is 157 Å². The summed E-state index contributed by atoms with van der Waals surface area (Å²) < 4.78 is 21.4. The SMILES string of the molecule is COc1ccc(-c2cc(N)nc(-c3ccc(OC)cc3OC)n2)c(OC)c1. The zero-order valence-corrected chi connectivity index (χ0v) is 15.6. The fraction of sp³-hybridized carbons (Fsp3) is 0.200. The maximum Gasteiger partial charge on any atom is 0.165 e. The van der Waals surface area contributed by atoms with Crippen LogP contribution in [-0.2, 0) is 0 Å². The predicted molar refractivity (Wildman–Crippen MR) is 104 cm³/mol. The molecule has 27 heavy (non-hydrogen) atoms. The lowest BCUT2D eigenvalue weighted by molar-refractivity contribution is 0.395. The van der Waals surface area contributed by atoms with Crippen LogP contribution in [0.25, 0.3) is 22.6 Å². The summed E-state index contributed by atoms with van der Waals surface area (Å²) in [5.74, 6) is 3.37. The van der Waals surface area contributed by atoms with Crippen molar-refractivity contribution in [3.8, 4) is 45.6 Å². The van der Waals surface area contributed by atoms with Crippen molar-refractivity contribution in [3.63, 3.8) is 0 Å². The number of nitrogens with zero attached hydrogens (tertiary/aromatic N) is 2. The highest BCUT2D eigenvalue weighted by Gasteiger charge is 2.15. The summed E-state index contributed by atoms with van der Waals surface area (Å²) in [4.78, 5) is 9.03. The van der Waals surface area contributed by atoms with Crippen LogP contribution < -0.4 is 24.7 Å². The molecule has 0 saturated carbocycles. The number of nitrogens with two attached hydrogens (primary N) is 1. The summed E-state index contributed by atoms with van der Waals surface area (Å²) >= 11 is 0. The van der Waals surface area contributed by atoms with E-state index < -0.39 is 0 Å². The molecule has 2 N–H and O–H groups in total. The Morgan fingerprint density at radius 2 is 1.22 bits per heavy atom. The second-order valence-electron chi connectivity index (χ2n) is 5.63. The Bertz CT molecular complexity index is 886. The molecule has 140 valence electrons. The monoisotopic (exact) mass is 367 g/mol. The molecule has 0 radical (unpaired) electrons. The second kappa shape index (κ2) is 7.82. The van der Waals surface area contributed by atoms with Crippen molar-refractivity contribution < 1.29 is 18.9 Å². The lowest BCUT2D eigenvalue weighted by Crippen LogP contribution is -2.00. The van der Waals surface area contributed by atoms with E-state index in [-0.39, 0.29) is 0 Å². The number of methoxy groups -OCH3 is 4. The lowest BCUT2D eigenvalue weighted by atomic mass is 10.1. The van der Waals surface area contributed by atoms with Gasteiger partial charge in [-0.15, -0.1) is 0 Å². The minimum Gasteiger partial charge on any atom is -0.497 e. The van der Waals surface area contributed by atoms with Crippen LogP contribution in [-0.4, -0.2) is 38.4 Å². The van der Waals surface area contributed by atoms with Gasteiger partial charge in [-0.3, -0.25) is 0 Å². The number of nitrogen functional groups attached to an aromatic ring is 1. The number of hydrogen-bond acceptors (Lipinski definition) is 7. The van der Waals surface area contributed by atoms with Crippen LogP contribution in [0.3, 0.4) is 0 Å². The first-order valence-corrected chi connectivity index (χ1v) is 8.19. The summed E-state index contributed by atoms with van der Waals surface area (Å²) in [5, 5.41) is 0. The minimum atomic E-state index is 0.339. The number of ether oxygens (including phenoxy) is 4. The second-order valence-corrected chi connectivity index (χ2v) is 5.63. The molecular weight excluding hydrogens is 346 g/mol. The van der Waals surface area contributed by atoms with Gasteiger partial charge in [0.15, 0.2) is 5.82 Å². The standard InChI is InChI=1S/C20H21N3O4/c1-24-12-5-7-14(17(9-12)26-3)16-11-19(21)23-20(22-16)15-8-6-13(25-2)10-18(15)27-4/h5-11H,1-4H3,(H2,21,22,23). The molecule has 0 spiro atoms. The first kappa shape index (κ1) is 18.3. The zero-order chi connectivity index (χ0) is 19.4. The first-order valence-electron chi connectivity index (χ1n) is 8.19. The number of hydrogen-bond donors (Lipinski definition) is 1. The van der Waals surface area contributed by atoms with Gasteiger partial charge in [0, 0.05) is 23.8 Å². The maximum absolute atomic E-state index is 6.05. The fourth-order valence-electron chi connectivity index (χ4n) is 2.72. The third-order valence-corrected chi connectivity index (χ3v) is 4.08. The topological polar surface area (TPSA) is 88.7 Å². The van der Waals surface area contributed by atoms with Crippen molar-refractivity contribution in [2.75, 3.05) is 34.2 Å². The molecule has 0 aliphatic heterocycles. The zero-order valence-electron chi connectivity index (χ0n) is 15.6. The summed E-state index contributed by atoms with van der Waals surface area (Å²) in [6.07, 6.45) is 0. The average molecular weight is 367 g/mol. The van der Waals surface area contributed by atoms with Gasteiger partial charge in [0.05, 0.1) is 39.7 Å². The van der Waals surface area contributed by atoms with E-state index in [1.165, 1.54) is 0 Å². The fourth-order valence-corrected chi connectivity index (χ4v) is 2.72. The molecule has 3 rings (SSSR count). The number of rotatable bonds is 6. The van der Waals surface area contributed by atoms with E-state index in [1.807, 2.05) is 24.3 Å². The van der Waals surface area contributed by atoms with E-state index in [0.717, 1.165) is 5.56 Å². The number of benzene rings is 2. The molecule has 0 bridgehead atoms. The summed E-state index contributed by atoms with van der Waals surface area (Å²) in [7, 11) is 6.37. The van der Waals surface area contributed by atoms with Crippen LogP contribution >= 0.6 is 0 Å². The van der Waals surface area contributed by atoms with Crippen molar-refractivity contribution in [3.05, 3.63) is 42.5 Å². The van der Waals surface area contributed by atoms with Crippen LogP contribution in [0.2, 0.25) is 0 Å². The quantitative estimate of drug-likeness (QED) is 0.714. The van der Waals surface area contributed by atoms with Gasteiger partial charge in [0.2, 0.25) is 0 Å². The molecule has 2 aromatic carbocycles. The van der Waals surface area contributed by atoms with Gasteiger partial charge < -0.3 is 24.7 Å². The minimum absolute atomic E-state index is 0.339. The molecule has 7 nitrogen and oxygen atoms in total. The predicted octanol–water partition coefficient (Wildman–Crippen LogP) is 3.43. The van der Waals surface area contributed by atoms with Gasteiger partial charge in [0.25, 0.3) is 0 Å². The molecule has 0 saturated heterocycles. The summed E-state index contributed by atoms with van der Waals surface area (Å²) in [5.41, 5.74) is 8.17. The van der Waals surface area contributed by atoms with Crippen molar-refractivity contribution in [1.82, 2.24) is 9.97 Å². The van der Waals surface area contributed by atoms with Crippen molar-refractivity contribution >= 4 is 5.82 Å². The van der Waals surface area contributed by atoms with Crippen LogP contribution in [0, 0.1) is 0 Å². The van der Waals surface area contributed by atoms with E-state index in [2.05, 4.69) is 9.97 Å². The third-order valence-electron chi connectivity index (χ3n) is 4.08. The van der Waals surface area contributed by atoms with Crippen LogP contribution in [0.15, 0.2) is 42.5 Å². The Hall–Kier alpha value is -3.48. The van der Waals surface area contributed by atoms with Crippen LogP contribution in [0.5, 0.6) is 23.0 Å². The molecular formula is C20H21N3O4. The van der Waals surface area contributed by atoms with Gasteiger partial charge in [-0.1, -0.05) is 0 Å². The Morgan fingerprint density at radius 1 is 0.667 bits per heavy atom. The molecule has 1 heterocycles. The Kier molecular flexibility index (Phi) is 5.30. The number of aromatic nitrogens is 2. The maximum atomic E-state index is 6.05. The molecule has 7 heteroatoms. The molecule has 1 aromatic heterocycles. The third kappa shape index (κ3) is 3.72. The Balaban J connectivity index is 2.14. The van der Waals surface area contributed by atoms with Crippen molar-refractivity contribution in [2.24, 2.45) is 0 Å². The van der Waals surface area contributed by atoms with E-state index in [9.17, 15) is 0 Å². The normalized spacial score (nSPS) is 10.4. The van der Waals surface area contributed by atoms with E-state index in [4.69, 9.17) is 24.7 Å². The Morgan fingerprint density at radius 3 is 1.78 bits per heavy atom. The number of anilines is 1. The highest BCUT2D eigenvalue weighted by molar-refractivity contribution is 5.74. The van der Waals surface area contributed by atoms with Crippen molar-refractivity contribution in [2.45, 2.75) is 0 Å². The van der Waals surface area contributed by atoms with Crippen LogP contribution in [0.1, 0.15) is 0 Å². The van der Waals surface area contributed by atoms with E-state index >= 15 is 0 Å².